The van der Waals surface area contributed by atoms with Crippen LogP contribution in [0.1, 0.15) is 46.3 Å². The van der Waals surface area contributed by atoms with E-state index in [2.05, 4.69) is 39.6 Å². The van der Waals surface area contributed by atoms with Gasteiger partial charge in [-0.2, -0.15) is 0 Å². The summed E-state index contributed by atoms with van der Waals surface area (Å²) in [5, 5.41) is 13.4. The third-order valence-corrected chi connectivity index (χ3v) is 6.52. The molecule has 1 saturated heterocycles. The molecule has 1 atom stereocenters. The highest BCUT2D eigenvalue weighted by Crippen LogP contribution is 2.21. The number of likely N-dealkylation sites (tertiary alicyclic amines) is 1. The zero-order valence-electron chi connectivity index (χ0n) is 18.8. The van der Waals surface area contributed by atoms with Crippen molar-refractivity contribution in [1.82, 2.24) is 25.3 Å². The lowest BCUT2D eigenvalue weighted by atomic mass is 9.97. The second-order valence-corrected chi connectivity index (χ2v) is 8.76. The van der Waals surface area contributed by atoms with Crippen LogP contribution < -0.4 is 10.6 Å². The quantitative estimate of drug-likeness (QED) is 0.575. The molecule has 11 heteroatoms. The number of carbonyl (C=O) groups is 3. The van der Waals surface area contributed by atoms with E-state index in [0.29, 0.717) is 25.3 Å². The molecule has 1 aliphatic heterocycles. The normalized spacial score (nSPS) is 16.0. The Labute approximate surface area is 196 Å². The molecule has 1 aromatic carbocycles. The van der Waals surface area contributed by atoms with Crippen LogP contribution in [0.2, 0.25) is 0 Å². The predicted octanol–water partition coefficient (Wildman–Crippen LogP) is 2.24. The fourth-order valence-corrected chi connectivity index (χ4v) is 4.36. The standard InChI is InChI=1S/C22H29FN6O3S/c1-3-28(4-2)13-11-24-18(30)15-6-5-12-29(14-15)22(32)21-27-26-20(33-21)19(31)25-17-9-7-16(23)8-10-17/h7-10,15H,3-6,11-14H2,1-2H3,(H,24,30)(H,25,31). The summed E-state index contributed by atoms with van der Waals surface area (Å²) < 4.78 is 13.0. The number of carbonyl (C=O) groups excluding carboxylic acids is 3. The minimum absolute atomic E-state index is 0.0328. The van der Waals surface area contributed by atoms with Crippen LogP contribution in [0.25, 0.3) is 0 Å². The topological polar surface area (TPSA) is 108 Å². The lowest BCUT2D eigenvalue weighted by Gasteiger charge is -2.31. The molecule has 1 unspecified atom stereocenters. The van der Waals surface area contributed by atoms with Crippen LogP contribution in [-0.4, -0.2) is 77.0 Å². The lowest BCUT2D eigenvalue weighted by molar-refractivity contribution is -0.126. The van der Waals surface area contributed by atoms with Crippen molar-refractivity contribution < 1.29 is 18.8 Å². The Balaban J connectivity index is 1.54. The van der Waals surface area contributed by atoms with Gasteiger partial charge in [0.05, 0.1) is 5.92 Å². The van der Waals surface area contributed by atoms with E-state index < -0.39 is 11.7 Å². The van der Waals surface area contributed by atoms with Crippen LogP contribution in [0.4, 0.5) is 10.1 Å². The van der Waals surface area contributed by atoms with Crippen molar-refractivity contribution >= 4 is 34.7 Å². The Bertz CT molecular complexity index is 963. The summed E-state index contributed by atoms with van der Waals surface area (Å²) in [5.74, 6) is -1.59. The van der Waals surface area contributed by atoms with E-state index in [1.807, 2.05) is 0 Å². The van der Waals surface area contributed by atoms with Crippen molar-refractivity contribution in [3.8, 4) is 0 Å². The largest absolute Gasteiger partial charge is 0.355 e. The van der Waals surface area contributed by atoms with E-state index in [1.165, 1.54) is 24.3 Å². The molecule has 1 aliphatic rings. The number of anilines is 1. The van der Waals surface area contributed by atoms with E-state index in [9.17, 15) is 18.8 Å². The van der Waals surface area contributed by atoms with Gasteiger partial charge in [0.25, 0.3) is 11.8 Å². The van der Waals surface area contributed by atoms with Crippen LogP contribution >= 0.6 is 11.3 Å². The third kappa shape index (κ3) is 6.78. The minimum atomic E-state index is -0.526. The number of hydrogen-bond acceptors (Lipinski definition) is 7. The second kappa shape index (κ2) is 11.8. The molecule has 2 heterocycles. The maximum Gasteiger partial charge on any atom is 0.286 e. The average Bonchev–Trinajstić information content (AvgIpc) is 3.33. The molecule has 0 aliphatic carbocycles. The van der Waals surface area contributed by atoms with Gasteiger partial charge in [-0.1, -0.05) is 25.2 Å². The molecule has 0 spiro atoms. The van der Waals surface area contributed by atoms with Gasteiger partial charge in [-0.15, -0.1) is 10.2 Å². The molecular formula is C22H29FN6O3S. The van der Waals surface area contributed by atoms with Crippen LogP contribution in [0.5, 0.6) is 0 Å². The first-order chi connectivity index (χ1) is 15.9. The molecule has 2 N–H and O–H groups in total. The number of aromatic nitrogens is 2. The fraction of sp³-hybridized carbons (Fsp3) is 0.500. The van der Waals surface area contributed by atoms with Crippen molar-refractivity contribution in [2.24, 2.45) is 5.92 Å². The first kappa shape index (κ1) is 24.7. The Kier molecular flexibility index (Phi) is 8.84. The van der Waals surface area contributed by atoms with Gasteiger partial charge in [0.1, 0.15) is 5.82 Å². The highest BCUT2D eigenvalue weighted by molar-refractivity contribution is 7.15. The summed E-state index contributed by atoms with van der Waals surface area (Å²) in [5.41, 5.74) is 0.412. The van der Waals surface area contributed by atoms with E-state index in [4.69, 9.17) is 0 Å². The molecule has 1 aromatic heterocycles. The first-order valence-electron chi connectivity index (χ1n) is 11.1. The predicted molar refractivity (Wildman–Crippen MR) is 124 cm³/mol. The number of benzene rings is 1. The summed E-state index contributed by atoms with van der Waals surface area (Å²) in [6, 6.07) is 5.33. The SMILES string of the molecule is CCN(CC)CCNC(=O)C1CCCN(C(=O)c2nnc(C(=O)Nc3ccc(F)cc3)s2)C1. The van der Waals surface area contributed by atoms with Gasteiger partial charge in [0.2, 0.25) is 15.9 Å². The fourth-order valence-electron chi connectivity index (χ4n) is 3.65. The number of rotatable bonds is 9. The lowest BCUT2D eigenvalue weighted by Crippen LogP contribution is -2.46. The molecule has 9 nitrogen and oxygen atoms in total. The Morgan fingerprint density at radius 2 is 1.85 bits per heavy atom. The molecule has 3 rings (SSSR count). The number of likely N-dealkylation sites (N-methyl/N-ethyl adjacent to an activating group) is 1. The van der Waals surface area contributed by atoms with E-state index >= 15 is 0 Å². The number of hydrogen-bond donors (Lipinski definition) is 2. The molecule has 0 radical (unpaired) electrons. The molecule has 178 valence electrons. The van der Waals surface area contributed by atoms with Gasteiger partial charge in [0, 0.05) is 31.9 Å². The van der Waals surface area contributed by atoms with Gasteiger partial charge >= 0.3 is 0 Å². The molecule has 2 aromatic rings. The Morgan fingerprint density at radius 3 is 2.55 bits per heavy atom. The van der Waals surface area contributed by atoms with E-state index in [0.717, 1.165) is 43.8 Å². The van der Waals surface area contributed by atoms with Gasteiger partial charge in [-0.05, 0) is 50.2 Å². The van der Waals surface area contributed by atoms with Crippen molar-refractivity contribution in [3.05, 3.63) is 40.1 Å². The molecule has 0 saturated carbocycles. The summed E-state index contributed by atoms with van der Waals surface area (Å²) in [7, 11) is 0. The Morgan fingerprint density at radius 1 is 1.15 bits per heavy atom. The number of halogens is 1. The summed E-state index contributed by atoms with van der Waals surface area (Å²) in [6.07, 6.45) is 1.44. The molecular weight excluding hydrogens is 447 g/mol. The highest BCUT2D eigenvalue weighted by atomic mass is 32.1. The van der Waals surface area contributed by atoms with Crippen LogP contribution in [0, 0.1) is 11.7 Å². The summed E-state index contributed by atoms with van der Waals surface area (Å²) in [6.45, 7) is 8.25. The molecule has 0 bridgehead atoms. The number of nitrogens with zero attached hydrogens (tertiary/aromatic N) is 4. The monoisotopic (exact) mass is 476 g/mol. The van der Waals surface area contributed by atoms with Crippen molar-refractivity contribution in [2.75, 3.05) is 44.6 Å². The average molecular weight is 477 g/mol. The smallest absolute Gasteiger partial charge is 0.286 e. The molecule has 33 heavy (non-hydrogen) atoms. The number of amides is 3. The first-order valence-corrected chi connectivity index (χ1v) is 11.9. The van der Waals surface area contributed by atoms with Gasteiger partial charge in [-0.3, -0.25) is 14.4 Å². The maximum atomic E-state index is 13.0. The second-order valence-electron chi connectivity index (χ2n) is 7.78. The van der Waals surface area contributed by atoms with Crippen molar-refractivity contribution in [1.29, 1.82) is 0 Å². The van der Waals surface area contributed by atoms with Gasteiger partial charge < -0.3 is 20.4 Å². The summed E-state index contributed by atoms with van der Waals surface area (Å²) in [4.78, 5) is 41.7. The molecule has 1 fully saturated rings. The minimum Gasteiger partial charge on any atom is -0.355 e. The maximum absolute atomic E-state index is 13.0. The third-order valence-electron chi connectivity index (χ3n) is 5.61. The van der Waals surface area contributed by atoms with Crippen molar-refractivity contribution in [2.45, 2.75) is 26.7 Å². The van der Waals surface area contributed by atoms with Crippen LogP contribution in [0.3, 0.4) is 0 Å². The number of nitrogens with one attached hydrogen (secondary N) is 2. The number of piperidine rings is 1. The van der Waals surface area contributed by atoms with Crippen LogP contribution in [0.15, 0.2) is 24.3 Å². The zero-order valence-corrected chi connectivity index (χ0v) is 19.7. The zero-order chi connectivity index (χ0) is 23.8. The van der Waals surface area contributed by atoms with Crippen molar-refractivity contribution in [3.63, 3.8) is 0 Å². The van der Waals surface area contributed by atoms with E-state index in [1.54, 1.807) is 4.90 Å². The van der Waals surface area contributed by atoms with Gasteiger partial charge in [-0.25, -0.2) is 4.39 Å². The van der Waals surface area contributed by atoms with Crippen LogP contribution in [-0.2, 0) is 4.79 Å². The van der Waals surface area contributed by atoms with E-state index in [-0.39, 0.29) is 27.7 Å². The Hall–Kier alpha value is -2.92. The summed E-state index contributed by atoms with van der Waals surface area (Å²) >= 11 is 0.891. The molecule has 3 amide bonds. The van der Waals surface area contributed by atoms with Gasteiger partial charge in [0.15, 0.2) is 0 Å². The highest BCUT2D eigenvalue weighted by Gasteiger charge is 2.30.